The molecule has 0 aliphatic carbocycles. The first-order valence-corrected chi connectivity index (χ1v) is 10.7. The van der Waals surface area contributed by atoms with Crippen LogP contribution in [-0.4, -0.2) is 91.3 Å². The van der Waals surface area contributed by atoms with Gasteiger partial charge in [-0.05, 0) is 57.4 Å². The van der Waals surface area contributed by atoms with Crippen LogP contribution in [-0.2, 0) is 0 Å². The third-order valence-corrected chi connectivity index (χ3v) is 6.11. The van der Waals surface area contributed by atoms with E-state index < -0.39 is 0 Å². The van der Waals surface area contributed by atoms with E-state index in [1.54, 1.807) is 0 Å². The van der Waals surface area contributed by atoms with Crippen molar-refractivity contribution in [1.82, 2.24) is 14.7 Å². The fourth-order valence-electron chi connectivity index (χ4n) is 4.54. The van der Waals surface area contributed by atoms with E-state index in [1.165, 1.54) is 0 Å². The number of aliphatic hydroxyl groups is 1. The zero-order chi connectivity index (χ0) is 19.9. The minimum Gasteiger partial charge on any atom is -0.494 e. The molecule has 2 aliphatic heterocycles. The summed E-state index contributed by atoms with van der Waals surface area (Å²) in [6.45, 7) is 8.74. The lowest BCUT2D eigenvalue weighted by Crippen LogP contribution is -2.56. The van der Waals surface area contributed by atoms with Gasteiger partial charge in [-0.2, -0.15) is 0 Å². The Kier molecular flexibility index (Phi) is 7.71. The third-order valence-electron chi connectivity index (χ3n) is 6.11. The fraction of sp³-hybridized carbons (Fsp3) is 0.682. The van der Waals surface area contributed by atoms with Crippen LogP contribution >= 0.6 is 0 Å². The van der Waals surface area contributed by atoms with Gasteiger partial charge in [0.25, 0.3) is 5.91 Å². The summed E-state index contributed by atoms with van der Waals surface area (Å²) in [5.41, 5.74) is 0.699. The van der Waals surface area contributed by atoms with Gasteiger partial charge in [0.05, 0.1) is 6.61 Å². The van der Waals surface area contributed by atoms with Crippen LogP contribution in [0.15, 0.2) is 24.3 Å². The molecule has 0 saturated carbocycles. The number of ether oxygens (including phenoxy) is 1. The third kappa shape index (κ3) is 5.25. The number of piperazine rings is 1. The summed E-state index contributed by atoms with van der Waals surface area (Å²) in [6.07, 6.45) is 2.78. The predicted molar refractivity (Wildman–Crippen MR) is 111 cm³/mol. The molecule has 0 aromatic heterocycles. The summed E-state index contributed by atoms with van der Waals surface area (Å²) in [4.78, 5) is 20.1. The van der Waals surface area contributed by atoms with Gasteiger partial charge >= 0.3 is 0 Å². The highest BCUT2D eigenvalue weighted by Crippen LogP contribution is 2.28. The number of aliphatic hydroxyl groups excluding tert-OH is 1. The van der Waals surface area contributed by atoms with Crippen LogP contribution < -0.4 is 4.74 Å². The van der Waals surface area contributed by atoms with Crippen LogP contribution in [0.2, 0.25) is 0 Å². The normalized spacial score (nSPS) is 24.3. The van der Waals surface area contributed by atoms with E-state index >= 15 is 0 Å². The molecule has 2 atom stereocenters. The largest absolute Gasteiger partial charge is 0.494 e. The first kappa shape index (κ1) is 21.1. The molecule has 3 rings (SSSR count). The molecule has 0 spiro atoms. The Hall–Kier alpha value is -1.63. The lowest BCUT2D eigenvalue weighted by molar-refractivity contribution is 0.0217. The summed E-state index contributed by atoms with van der Waals surface area (Å²) in [5, 5.41) is 9.35. The fourth-order valence-corrected chi connectivity index (χ4v) is 4.54. The number of likely N-dealkylation sites (tertiary alicyclic amines) is 1. The molecule has 6 heteroatoms. The predicted octanol–water partition coefficient (Wildman–Crippen LogP) is 1.94. The van der Waals surface area contributed by atoms with Crippen molar-refractivity contribution in [2.45, 2.75) is 32.2 Å². The molecule has 156 valence electrons. The molecule has 0 bridgehead atoms. The average molecular weight is 390 g/mol. The van der Waals surface area contributed by atoms with Gasteiger partial charge in [-0.25, -0.2) is 0 Å². The van der Waals surface area contributed by atoms with Crippen LogP contribution in [0.5, 0.6) is 5.75 Å². The highest BCUT2D eigenvalue weighted by Gasteiger charge is 2.35. The van der Waals surface area contributed by atoms with Crippen molar-refractivity contribution in [1.29, 1.82) is 0 Å². The molecule has 2 aliphatic rings. The maximum absolute atomic E-state index is 13.1. The van der Waals surface area contributed by atoms with Crippen LogP contribution in [0, 0.1) is 5.92 Å². The molecule has 0 radical (unpaired) electrons. The zero-order valence-corrected chi connectivity index (χ0v) is 17.3. The minimum atomic E-state index is 0.0902. The summed E-state index contributed by atoms with van der Waals surface area (Å²) in [5.74, 6) is 1.26. The number of likely N-dealkylation sites (N-methyl/N-ethyl adjacent to an activating group) is 1. The second kappa shape index (κ2) is 10.2. The number of rotatable bonds is 7. The second-order valence-electron chi connectivity index (χ2n) is 8.03. The molecule has 1 aromatic rings. The maximum Gasteiger partial charge on any atom is 0.253 e. The molecule has 1 amide bonds. The molecule has 2 saturated heterocycles. The van der Waals surface area contributed by atoms with Gasteiger partial charge in [-0.3, -0.25) is 9.69 Å². The first-order chi connectivity index (χ1) is 13.6. The molecule has 1 aromatic carbocycles. The van der Waals surface area contributed by atoms with Crippen molar-refractivity contribution < 1.29 is 14.6 Å². The second-order valence-corrected chi connectivity index (χ2v) is 8.03. The van der Waals surface area contributed by atoms with Gasteiger partial charge < -0.3 is 19.6 Å². The number of nitrogens with zero attached hydrogens (tertiary/aromatic N) is 3. The zero-order valence-electron chi connectivity index (χ0n) is 17.3. The molecule has 2 heterocycles. The van der Waals surface area contributed by atoms with Crippen LogP contribution in [0.3, 0.4) is 0 Å². The summed E-state index contributed by atoms with van der Waals surface area (Å²) < 4.78 is 5.55. The topological polar surface area (TPSA) is 56.2 Å². The summed E-state index contributed by atoms with van der Waals surface area (Å²) in [6, 6.07) is 8.02. The van der Waals surface area contributed by atoms with Gasteiger partial charge in [0, 0.05) is 57.5 Å². The number of carbonyl (C=O) groups is 1. The van der Waals surface area contributed by atoms with Gasteiger partial charge in [0.1, 0.15) is 5.75 Å². The van der Waals surface area contributed by atoms with Crippen LogP contribution in [0.25, 0.3) is 0 Å². The van der Waals surface area contributed by atoms with Crippen molar-refractivity contribution in [2.24, 2.45) is 5.92 Å². The van der Waals surface area contributed by atoms with Crippen molar-refractivity contribution in [3.05, 3.63) is 29.8 Å². The van der Waals surface area contributed by atoms with E-state index in [-0.39, 0.29) is 12.5 Å². The van der Waals surface area contributed by atoms with Crippen molar-refractivity contribution in [3.63, 3.8) is 0 Å². The molecule has 1 N–H and O–H groups in total. The molecule has 2 fully saturated rings. The smallest absolute Gasteiger partial charge is 0.253 e. The van der Waals surface area contributed by atoms with E-state index in [2.05, 4.69) is 16.8 Å². The first-order valence-electron chi connectivity index (χ1n) is 10.7. The Labute approximate surface area is 169 Å². The van der Waals surface area contributed by atoms with Gasteiger partial charge in [-0.15, -0.1) is 0 Å². The van der Waals surface area contributed by atoms with E-state index in [0.717, 1.165) is 64.3 Å². The molecule has 28 heavy (non-hydrogen) atoms. The molecular weight excluding hydrogens is 354 g/mol. The van der Waals surface area contributed by atoms with Gasteiger partial charge in [-0.1, -0.05) is 6.07 Å². The van der Waals surface area contributed by atoms with Gasteiger partial charge in [0.15, 0.2) is 0 Å². The Morgan fingerprint density at radius 3 is 2.71 bits per heavy atom. The Morgan fingerprint density at radius 2 is 2.00 bits per heavy atom. The monoisotopic (exact) mass is 389 g/mol. The number of benzene rings is 1. The summed E-state index contributed by atoms with van der Waals surface area (Å²) in [7, 11) is 2.18. The number of hydrogen-bond donors (Lipinski definition) is 1. The quantitative estimate of drug-likeness (QED) is 0.772. The van der Waals surface area contributed by atoms with Crippen molar-refractivity contribution in [3.8, 4) is 5.75 Å². The Morgan fingerprint density at radius 1 is 1.21 bits per heavy atom. The summed E-state index contributed by atoms with van der Waals surface area (Å²) >= 11 is 0. The average Bonchev–Trinajstić information content (AvgIpc) is 2.72. The van der Waals surface area contributed by atoms with E-state index in [0.29, 0.717) is 24.1 Å². The van der Waals surface area contributed by atoms with Crippen LogP contribution in [0.4, 0.5) is 0 Å². The molecule has 0 unspecified atom stereocenters. The number of carbonyl (C=O) groups excluding carboxylic acids is 1. The van der Waals surface area contributed by atoms with E-state index in [1.807, 2.05) is 36.1 Å². The van der Waals surface area contributed by atoms with Crippen LogP contribution in [0.1, 0.15) is 36.5 Å². The van der Waals surface area contributed by atoms with Gasteiger partial charge in [0.2, 0.25) is 0 Å². The number of piperidine rings is 1. The number of hydrogen-bond acceptors (Lipinski definition) is 5. The molecule has 6 nitrogen and oxygen atoms in total. The highest BCUT2D eigenvalue weighted by molar-refractivity contribution is 5.94. The Bertz CT molecular complexity index is 631. The molecular formula is C22H35N3O3. The standard InChI is InChI=1S/C22H35N3O3/c1-3-28-20-8-4-6-18(16-20)22(27)25-10-9-21(19(17-25)7-5-15-26)24-13-11-23(2)12-14-24/h4,6,8,16,19,21,26H,3,5,7,9-15,17H2,1-2H3/t19-,21+/m1/s1. The van der Waals surface area contributed by atoms with Crippen molar-refractivity contribution >= 4 is 5.91 Å². The highest BCUT2D eigenvalue weighted by atomic mass is 16.5. The minimum absolute atomic E-state index is 0.0902. The van der Waals surface area contributed by atoms with E-state index in [9.17, 15) is 9.90 Å². The van der Waals surface area contributed by atoms with Crippen molar-refractivity contribution in [2.75, 3.05) is 59.5 Å². The van der Waals surface area contributed by atoms with E-state index in [4.69, 9.17) is 4.74 Å². The lowest BCUT2D eigenvalue weighted by atomic mass is 9.86. The number of amides is 1. The lowest BCUT2D eigenvalue weighted by Gasteiger charge is -2.46. The maximum atomic E-state index is 13.1. The SMILES string of the molecule is CCOc1cccc(C(=O)N2CC[C@H](N3CCN(C)CC3)[C@H](CCCO)C2)c1. The Balaban J connectivity index is 1.67.